The zero-order valence-corrected chi connectivity index (χ0v) is 14.3. The van der Waals surface area contributed by atoms with Crippen LogP contribution in [-0.2, 0) is 6.54 Å². The van der Waals surface area contributed by atoms with Crippen LogP contribution in [0.25, 0.3) is 11.1 Å². The molecule has 2 rings (SSSR count). The van der Waals surface area contributed by atoms with Gasteiger partial charge in [0.05, 0.1) is 0 Å². The first-order chi connectivity index (χ1) is 11.4. The van der Waals surface area contributed by atoms with Crippen LogP contribution in [0.4, 0.5) is 13.2 Å². The van der Waals surface area contributed by atoms with Crippen LogP contribution in [0.1, 0.15) is 17.5 Å². The summed E-state index contributed by atoms with van der Waals surface area (Å²) in [6.45, 7) is 3.86. The molecule has 5 heteroatoms. The molecule has 0 aliphatic carbocycles. The van der Waals surface area contributed by atoms with Gasteiger partial charge in [0.15, 0.2) is 11.6 Å². The molecule has 0 saturated heterocycles. The van der Waals surface area contributed by atoms with E-state index in [4.69, 9.17) is 0 Å². The summed E-state index contributed by atoms with van der Waals surface area (Å²) in [5.74, 6) is -2.88. The average Bonchev–Trinajstić information content (AvgIpc) is 2.56. The van der Waals surface area contributed by atoms with Gasteiger partial charge in [-0.2, -0.15) is 0 Å². The van der Waals surface area contributed by atoms with E-state index < -0.39 is 17.5 Å². The number of benzene rings is 2. The first-order valence-electron chi connectivity index (χ1n) is 7.99. The second-order valence-corrected chi connectivity index (χ2v) is 6.19. The Morgan fingerprint density at radius 1 is 1.00 bits per heavy atom. The van der Waals surface area contributed by atoms with E-state index in [2.05, 4.69) is 10.2 Å². The smallest absolute Gasteiger partial charge is 0.167 e. The van der Waals surface area contributed by atoms with E-state index >= 15 is 0 Å². The molecule has 0 amide bonds. The van der Waals surface area contributed by atoms with Crippen molar-refractivity contribution in [3.05, 3.63) is 58.9 Å². The van der Waals surface area contributed by atoms with Crippen LogP contribution in [0, 0.1) is 24.4 Å². The Bertz CT molecular complexity index is 682. The Balaban J connectivity index is 2.02. The maximum atomic E-state index is 14.0. The van der Waals surface area contributed by atoms with Gasteiger partial charge in [0.2, 0.25) is 0 Å². The molecule has 0 unspecified atom stereocenters. The van der Waals surface area contributed by atoms with Gasteiger partial charge in [-0.1, -0.05) is 24.3 Å². The van der Waals surface area contributed by atoms with Gasteiger partial charge in [0.1, 0.15) is 5.82 Å². The standard InChI is InChI=1S/C19H23F3N2/c1-13-17(20)11-16(19(22)18(13)21)15-7-5-14(6-8-15)12-23-9-4-10-24(2)3/h5-8,11,23H,4,9-10,12H2,1-3H3. The first kappa shape index (κ1) is 18.5. The summed E-state index contributed by atoms with van der Waals surface area (Å²) < 4.78 is 41.4. The number of nitrogens with zero attached hydrogens (tertiary/aromatic N) is 1. The number of nitrogens with one attached hydrogen (secondary N) is 1. The highest BCUT2D eigenvalue weighted by molar-refractivity contribution is 5.65. The molecule has 1 N–H and O–H groups in total. The van der Waals surface area contributed by atoms with Crippen molar-refractivity contribution < 1.29 is 13.2 Å². The molecule has 0 spiro atoms. The number of hydrogen-bond donors (Lipinski definition) is 1. The summed E-state index contributed by atoms with van der Waals surface area (Å²) in [7, 11) is 4.07. The zero-order valence-electron chi connectivity index (χ0n) is 14.3. The second kappa shape index (κ2) is 8.31. The molecule has 2 aromatic carbocycles. The highest BCUT2D eigenvalue weighted by Gasteiger charge is 2.16. The van der Waals surface area contributed by atoms with Gasteiger partial charge in [-0.15, -0.1) is 0 Å². The predicted octanol–water partition coefficient (Wildman–Crippen LogP) is 4.12. The highest BCUT2D eigenvalue weighted by atomic mass is 19.2. The van der Waals surface area contributed by atoms with E-state index in [0.717, 1.165) is 31.1 Å². The van der Waals surface area contributed by atoms with Crippen LogP contribution in [0.3, 0.4) is 0 Å². The van der Waals surface area contributed by atoms with Gasteiger partial charge in [0, 0.05) is 17.7 Å². The molecule has 0 fully saturated rings. The molecule has 0 aromatic heterocycles. The fourth-order valence-corrected chi connectivity index (χ4v) is 2.45. The Morgan fingerprint density at radius 2 is 1.67 bits per heavy atom. The second-order valence-electron chi connectivity index (χ2n) is 6.19. The molecular weight excluding hydrogens is 313 g/mol. The molecular formula is C19H23F3N2. The van der Waals surface area contributed by atoms with Crippen molar-refractivity contribution in [3.8, 4) is 11.1 Å². The van der Waals surface area contributed by atoms with Gasteiger partial charge in [-0.05, 0) is 57.7 Å². The molecule has 2 aromatic rings. The fraction of sp³-hybridized carbons (Fsp3) is 0.368. The molecule has 2 nitrogen and oxygen atoms in total. The first-order valence-corrected chi connectivity index (χ1v) is 7.99. The van der Waals surface area contributed by atoms with Crippen molar-refractivity contribution >= 4 is 0 Å². The molecule has 0 radical (unpaired) electrons. The molecule has 0 bridgehead atoms. The zero-order chi connectivity index (χ0) is 17.7. The Morgan fingerprint density at radius 3 is 2.29 bits per heavy atom. The SMILES string of the molecule is Cc1c(F)cc(-c2ccc(CNCCCN(C)C)cc2)c(F)c1F. The third-order valence-electron chi connectivity index (χ3n) is 3.94. The molecule has 0 aliphatic heterocycles. The van der Waals surface area contributed by atoms with Crippen molar-refractivity contribution in [2.75, 3.05) is 27.2 Å². The molecule has 0 atom stereocenters. The number of halogens is 3. The largest absolute Gasteiger partial charge is 0.313 e. The molecule has 0 aliphatic rings. The quantitative estimate of drug-likeness (QED) is 0.604. The number of rotatable bonds is 7. The monoisotopic (exact) mass is 336 g/mol. The lowest BCUT2D eigenvalue weighted by atomic mass is 10.0. The fourth-order valence-electron chi connectivity index (χ4n) is 2.45. The van der Waals surface area contributed by atoms with E-state index in [9.17, 15) is 13.2 Å². The predicted molar refractivity (Wildman–Crippen MR) is 91.4 cm³/mol. The van der Waals surface area contributed by atoms with E-state index in [1.165, 1.54) is 6.92 Å². The minimum absolute atomic E-state index is 0.0545. The summed E-state index contributed by atoms with van der Waals surface area (Å²) in [6, 6.07) is 8.09. The lowest BCUT2D eigenvalue weighted by molar-refractivity contribution is 0.394. The lowest BCUT2D eigenvalue weighted by Crippen LogP contribution is -2.20. The Labute approximate surface area is 141 Å². The number of hydrogen-bond acceptors (Lipinski definition) is 2. The highest BCUT2D eigenvalue weighted by Crippen LogP contribution is 2.28. The average molecular weight is 336 g/mol. The van der Waals surface area contributed by atoms with Crippen molar-refractivity contribution in [2.45, 2.75) is 19.9 Å². The van der Waals surface area contributed by atoms with E-state index in [1.807, 2.05) is 26.2 Å². The van der Waals surface area contributed by atoms with Gasteiger partial charge in [-0.25, -0.2) is 13.2 Å². The summed E-state index contributed by atoms with van der Waals surface area (Å²) in [4.78, 5) is 2.13. The van der Waals surface area contributed by atoms with Crippen molar-refractivity contribution in [1.82, 2.24) is 10.2 Å². The lowest BCUT2D eigenvalue weighted by Gasteiger charge is -2.11. The topological polar surface area (TPSA) is 15.3 Å². The van der Waals surface area contributed by atoms with Crippen LogP contribution in [-0.4, -0.2) is 32.1 Å². The molecule has 24 heavy (non-hydrogen) atoms. The van der Waals surface area contributed by atoms with Gasteiger partial charge in [0.25, 0.3) is 0 Å². The summed E-state index contributed by atoms with van der Waals surface area (Å²) >= 11 is 0. The van der Waals surface area contributed by atoms with Crippen LogP contribution in [0.5, 0.6) is 0 Å². The third kappa shape index (κ3) is 4.58. The van der Waals surface area contributed by atoms with Crippen molar-refractivity contribution in [1.29, 1.82) is 0 Å². The Kier molecular flexibility index (Phi) is 6.40. The molecule has 0 saturated carbocycles. The minimum Gasteiger partial charge on any atom is -0.313 e. The van der Waals surface area contributed by atoms with Crippen LogP contribution in [0.2, 0.25) is 0 Å². The maximum Gasteiger partial charge on any atom is 0.167 e. The normalized spacial score (nSPS) is 11.3. The summed E-state index contributed by atoms with van der Waals surface area (Å²) in [5, 5.41) is 3.33. The van der Waals surface area contributed by atoms with Crippen molar-refractivity contribution in [3.63, 3.8) is 0 Å². The van der Waals surface area contributed by atoms with Crippen molar-refractivity contribution in [2.24, 2.45) is 0 Å². The van der Waals surface area contributed by atoms with Crippen LogP contribution >= 0.6 is 0 Å². The summed E-state index contributed by atoms with van der Waals surface area (Å²) in [6.07, 6.45) is 1.05. The maximum absolute atomic E-state index is 14.0. The Hall–Kier alpha value is -1.85. The van der Waals surface area contributed by atoms with Gasteiger partial charge in [-0.3, -0.25) is 0 Å². The minimum atomic E-state index is -1.13. The van der Waals surface area contributed by atoms with Crippen LogP contribution in [0.15, 0.2) is 30.3 Å². The van der Waals surface area contributed by atoms with Gasteiger partial charge >= 0.3 is 0 Å². The molecule has 130 valence electrons. The van der Waals surface area contributed by atoms with E-state index in [-0.39, 0.29) is 11.1 Å². The third-order valence-corrected chi connectivity index (χ3v) is 3.94. The van der Waals surface area contributed by atoms with Gasteiger partial charge < -0.3 is 10.2 Å². The van der Waals surface area contributed by atoms with Crippen LogP contribution < -0.4 is 5.32 Å². The van der Waals surface area contributed by atoms with E-state index in [1.54, 1.807) is 12.1 Å². The molecule has 0 heterocycles. The van der Waals surface area contributed by atoms with E-state index in [0.29, 0.717) is 12.1 Å². The summed E-state index contributed by atoms with van der Waals surface area (Å²) in [5.41, 5.74) is 1.15.